The zero-order valence-corrected chi connectivity index (χ0v) is 13.1. The normalized spacial score (nSPS) is 11.4. The third kappa shape index (κ3) is 5.94. The number of anilines is 1. The lowest BCUT2D eigenvalue weighted by Crippen LogP contribution is -2.39. The zero-order valence-electron chi connectivity index (χ0n) is 12.3. The Morgan fingerprint density at radius 1 is 1.43 bits per heavy atom. The number of sulfonamides is 1. The van der Waals surface area contributed by atoms with Crippen molar-refractivity contribution in [3.63, 3.8) is 0 Å². The lowest BCUT2D eigenvalue weighted by Gasteiger charge is -2.21. The van der Waals surface area contributed by atoms with Crippen molar-refractivity contribution in [2.45, 2.75) is 13.8 Å². The van der Waals surface area contributed by atoms with Gasteiger partial charge in [-0.3, -0.25) is 4.79 Å². The molecular formula is C14H19N3O3S. The SMILES string of the molecule is CC(C)CN(CC(=O)Nc1cccc(C#N)c1)S(C)(=O)=O. The summed E-state index contributed by atoms with van der Waals surface area (Å²) in [6.07, 6.45) is 1.08. The van der Waals surface area contributed by atoms with E-state index in [4.69, 9.17) is 5.26 Å². The van der Waals surface area contributed by atoms with Gasteiger partial charge in [0.15, 0.2) is 0 Å². The van der Waals surface area contributed by atoms with E-state index in [1.54, 1.807) is 18.2 Å². The van der Waals surface area contributed by atoms with Gasteiger partial charge in [0.25, 0.3) is 0 Å². The molecule has 0 bridgehead atoms. The number of nitrogens with one attached hydrogen (secondary N) is 1. The van der Waals surface area contributed by atoms with Crippen LogP contribution in [0.2, 0.25) is 0 Å². The van der Waals surface area contributed by atoms with Crippen LogP contribution in [0.25, 0.3) is 0 Å². The predicted molar refractivity (Wildman–Crippen MR) is 81.0 cm³/mol. The maximum Gasteiger partial charge on any atom is 0.239 e. The molecule has 114 valence electrons. The van der Waals surface area contributed by atoms with Gasteiger partial charge in [0.05, 0.1) is 24.4 Å². The van der Waals surface area contributed by atoms with Crippen LogP contribution >= 0.6 is 0 Å². The molecule has 0 aliphatic heterocycles. The summed E-state index contributed by atoms with van der Waals surface area (Å²) in [5.41, 5.74) is 0.895. The third-order valence-corrected chi connectivity index (χ3v) is 3.85. The molecule has 0 unspecified atom stereocenters. The van der Waals surface area contributed by atoms with Crippen LogP contribution in [0.5, 0.6) is 0 Å². The van der Waals surface area contributed by atoms with Crippen LogP contribution in [0.1, 0.15) is 19.4 Å². The topological polar surface area (TPSA) is 90.3 Å². The molecule has 21 heavy (non-hydrogen) atoms. The van der Waals surface area contributed by atoms with Gasteiger partial charge in [-0.1, -0.05) is 19.9 Å². The molecule has 0 aromatic heterocycles. The second-order valence-corrected chi connectivity index (χ2v) is 7.17. The molecule has 0 atom stereocenters. The van der Waals surface area contributed by atoms with E-state index in [1.165, 1.54) is 6.07 Å². The fraction of sp³-hybridized carbons (Fsp3) is 0.429. The number of benzene rings is 1. The van der Waals surface area contributed by atoms with E-state index in [0.29, 0.717) is 11.3 Å². The van der Waals surface area contributed by atoms with Crippen LogP contribution in [-0.2, 0) is 14.8 Å². The average Bonchev–Trinajstić information content (AvgIpc) is 2.36. The fourth-order valence-corrected chi connectivity index (χ4v) is 2.67. The monoisotopic (exact) mass is 309 g/mol. The second kappa shape index (κ2) is 7.20. The summed E-state index contributed by atoms with van der Waals surface area (Å²) in [4.78, 5) is 12.0. The molecule has 0 heterocycles. The molecule has 1 N–H and O–H groups in total. The molecule has 1 amide bonds. The highest BCUT2D eigenvalue weighted by Gasteiger charge is 2.21. The first-order valence-electron chi connectivity index (χ1n) is 6.47. The van der Waals surface area contributed by atoms with Gasteiger partial charge in [-0.15, -0.1) is 0 Å². The van der Waals surface area contributed by atoms with E-state index in [9.17, 15) is 13.2 Å². The summed E-state index contributed by atoms with van der Waals surface area (Å²) in [5.74, 6) is -0.314. The molecule has 0 aliphatic carbocycles. The average molecular weight is 309 g/mol. The van der Waals surface area contributed by atoms with E-state index in [0.717, 1.165) is 10.6 Å². The number of nitrogens with zero attached hydrogens (tertiary/aromatic N) is 2. The Morgan fingerprint density at radius 3 is 2.62 bits per heavy atom. The highest BCUT2D eigenvalue weighted by Crippen LogP contribution is 2.10. The van der Waals surface area contributed by atoms with Gasteiger partial charge in [-0.2, -0.15) is 9.57 Å². The number of amides is 1. The van der Waals surface area contributed by atoms with Crippen LogP contribution < -0.4 is 5.32 Å². The molecule has 0 saturated carbocycles. The van der Waals surface area contributed by atoms with Crippen molar-refractivity contribution >= 4 is 21.6 Å². The van der Waals surface area contributed by atoms with Crippen LogP contribution in [0.3, 0.4) is 0 Å². The van der Waals surface area contributed by atoms with Gasteiger partial charge >= 0.3 is 0 Å². The Morgan fingerprint density at radius 2 is 2.10 bits per heavy atom. The molecule has 1 aromatic rings. The second-order valence-electron chi connectivity index (χ2n) is 5.19. The van der Waals surface area contributed by atoms with E-state index in [-0.39, 0.29) is 19.0 Å². The summed E-state index contributed by atoms with van der Waals surface area (Å²) in [7, 11) is -3.44. The zero-order chi connectivity index (χ0) is 16.0. The van der Waals surface area contributed by atoms with E-state index < -0.39 is 15.9 Å². The van der Waals surface area contributed by atoms with Crippen LogP contribution in [0.4, 0.5) is 5.69 Å². The third-order valence-electron chi connectivity index (χ3n) is 2.63. The highest BCUT2D eigenvalue weighted by molar-refractivity contribution is 7.88. The van der Waals surface area contributed by atoms with Gasteiger partial charge in [-0.25, -0.2) is 8.42 Å². The molecular weight excluding hydrogens is 290 g/mol. The molecule has 1 rings (SSSR count). The van der Waals surface area contributed by atoms with Crippen molar-refractivity contribution in [2.24, 2.45) is 5.92 Å². The first-order valence-corrected chi connectivity index (χ1v) is 8.32. The van der Waals surface area contributed by atoms with Crippen LogP contribution in [0.15, 0.2) is 24.3 Å². The Hall–Kier alpha value is -1.91. The van der Waals surface area contributed by atoms with Crippen LogP contribution in [0, 0.1) is 17.2 Å². The molecule has 0 spiro atoms. The number of hydrogen-bond acceptors (Lipinski definition) is 4. The summed E-state index contributed by atoms with van der Waals surface area (Å²) in [6.45, 7) is 3.80. The van der Waals surface area contributed by atoms with Crippen molar-refractivity contribution in [3.8, 4) is 6.07 Å². The van der Waals surface area contributed by atoms with E-state index in [1.807, 2.05) is 19.9 Å². The molecule has 7 heteroatoms. The smallest absolute Gasteiger partial charge is 0.239 e. The number of carbonyl (C=O) groups is 1. The van der Waals surface area contributed by atoms with Crippen molar-refractivity contribution in [2.75, 3.05) is 24.7 Å². The minimum atomic E-state index is -3.44. The Bertz CT molecular complexity index is 648. The van der Waals surface area contributed by atoms with Gasteiger partial charge in [-0.05, 0) is 24.1 Å². The predicted octanol–water partition coefficient (Wildman–Crippen LogP) is 1.41. The highest BCUT2D eigenvalue weighted by atomic mass is 32.2. The molecule has 6 nitrogen and oxygen atoms in total. The molecule has 0 saturated heterocycles. The van der Waals surface area contributed by atoms with Gasteiger partial charge in [0.2, 0.25) is 15.9 Å². The maximum atomic E-state index is 12.0. The number of nitriles is 1. The van der Waals surface area contributed by atoms with E-state index >= 15 is 0 Å². The summed E-state index contributed by atoms with van der Waals surface area (Å²) in [5, 5.41) is 11.4. The van der Waals surface area contributed by atoms with Crippen LogP contribution in [-0.4, -0.2) is 38.0 Å². The summed E-state index contributed by atoms with van der Waals surface area (Å²) >= 11 is 0. The van der Waals surface area contributed by atoms with Gasteiger partial charge < -0.3 is 5.32 Å². The number of carbonyl (C=O) groups excluding carboxylic acids is 1. The molecule has 0 aliphatic rings. The minimum Gasteiger partial charge on any atom is -0.325 e. The molecule has 0 radical (unpaired) electrons. The van der Waals surface area contributed by atoms with Gasteiger partial charge in [0, 0.05) is 12.2 Å². The molecule has 1 aromatic carbocycles. The summed E-state index contributed by atoms with van der Waals surface area (Å²) < 4.78 is 24.5. The quantitative estimate of drug-likeness (QED) is 0.860. The lowest BCUT2D eigenvalue weighted by atomic mass is 10.2. The minimum absolute atomic E-state index is 0.120. The molecule has 0 fully saturated rings. The first-order chi connectivity index (χ1) is 9.72. The fourth-order valence-electron chi connectivity index (χ4n) is 1.75. The number of rotatable bonds is 6. The van der Waals surface area contributed by atoms with Crippen molar-refractivity contribution in [1.29, 1.82) is 5.26 Å². The standard InChI is InChI=1S/C14H19N3O3S/c1-11(2)9-17(21(3,19)20)10-14(18)16-13-6-4-5-12(7-13)8-15/h4-7,11H,9-10H2,1-3H3,(H,16,18). The summed E-state index contributed by atoms with van der Waals surface area (Å²) in [6, 6.07) is 8.42. The Labute approximate surface area is 125 Å². The lowest BCUT2D eigenvalue weighted by molar-refractivity contribution is -0.116. The van der Waals surface area contributed by atoms with Gasteiger partial charge in [0.1, 0.15) is 0 Å². The first kappa shape index (κ1) is 17.1. The van der Waals surface area contributed by atoms with E-state index in [2.05, 4.69) is 5.32 Å². The number of hydrogen-bond donors (Lipinski definition) is 1. The maximum absolute atomic E-state index is 12.0. The Kier molecular flexibility index (Phi) is 5.88. The van der Waals surface area contributed by atoms with Crippen molar-refractivity contribution in [3.05, 3.63) is 29.8 Å². The largest absolute Gasteiger partial charge is 0.325 e. The Balaban J connectivity index is 2.76. The van der Waals surface area contributed by atoms with Crippen molar-refractivity contribution in [1.82, 2.24) is 4.31 Å². The van der Waals surface area contributed by atoms with Crippen molar-refractivity contribution < 1.29 is 13.2 Å².